The molecule has 0 fully saturated rings. The number of nitrogens with zero attached hydrogens (tertiary/aromatic N) is 1. The standard InChI is InChI=1S/C18H19ClN2O3/c1-18(2)17(24)21(3)16-13(9-22)11(5-6-14(16)20-18)12-8-10(19)4-7-15(12)23/h4-8,20,22-23H,9H2,1-3H3. The van der Waals surface area contributed by atoms with Crippen LogP contribution in [-0.2, 0) is 11.4 Å². The van der Waals surface area contributed by atoms with Gasteiger partial charge in [-0.1, -0.05) is 17.7 Å². The summed E-state index contributed by atoms with van der Waals surface area (Å²) in [6, 6.07) is 8.39. The number of amides is 1. The number of aromatic hydroxyl groups is 1. The Labute approximate surface area is 145 Å². The summed E-state index contributed by atoms with van der Waals surface area (Å²) in [5.74, 6) is -0.0377. The first kappa shape index (κ1) is 16.6. The van der Waals surface area contributed by atoms with Crippen LogP contribution < -0.4 is 10.2 Å². The molecule has 0 aromatic heterocycles. The molecule has 0 bridgehead atoms. The van der Waals surface area contributed by atoms with Crippen LogP contribution in [0.25, 0.3) is 11.1 Å². The predicted molar refractivity (Wildman–Crippen MR) is 95.6 cm³/mol. The number of rotatable bonds is 2. The van der Waals surface area contributed by atoms with Crippen molar-refractivity contribution >= 4 is 28.9 Å². The maximum Gasteiger partial charge on any atom is 0.251 e. The molecule has 2 aromatic carbocycles. The van der Waals surface area contributed by atoms with Gasteiger partial charge in [-0.05, 0) is 43.7 Å². The highest BCUT2D eigenvalue weighted by molar-refractivity contribution is 6.31. The van der Waals surface area contributed by atoms with Crippen LogP contribution in [0.1, 0.15) is 19.4 Å². The number of likely N-dealkylation sites (N-methyl/N-ethyl adjacent to an activating group) is 1. The van der Waals surface area contributed by atoms with Gasteiger partial charge < -0.3 is 20.4 Å². The minimum atomic E-state index is -0.728. The fourth-order valence-electron chi connectivity index (χ4n) is 3.17. The molecular formula is C18H19ClN2O3. The molecule has 126 valence electrons. The number of phenols is 1. The van der Waals surface area contributed by atoms with Gasteiger partial charge in [0.25, 0.3) is 5.91 Å². The average molecular weight is 347 g/mol. The smallest absolute Gasteiger partial charge is 0.251 e. The molecule has 0 saturated heterocycles. The summed E-state index contributed by atoms with van der Waals surface area (Å²) in [7, 11) is 1.69. The minimum Gasteiger partial charge on any atom is -0.507 e. The second-order valence-corrected chi connectivity index (χ2v) is 6.86. The van der Waals surface area contributed by atoms with Crippen molar-refractivity contribution in [2.45, 2.75) is 26.0 Å². The van der Waals surface area contributed by atoms with Crippen LogP contribution in [0.15, 0.2) is 30.3 Å². The normalized spacial score (nSPS) is 15.9. The number of carbonyl (C=O) groups is 1. The lowest BCUT2D eigenvalue weighted by molar-refractivity contribution is -0.121. The third-order valence-electron chi connectivity index (χ3n) is 4.31. The molecule has 0 unspecified atom stereocenters. The Bertz CT molecular complexity index is 833. The molecule has 2 aromatic rings. The number of benzene rings is 2. The van der Waals surface area contributed by atoms with Crippen molar-refractivity contribution in [3.8, 4) is 16.9 Å². The van der Waals surface area contributed by atoms with Crippen molar-refractivity contribution in [3.63, 3.8) is 0 Å². The molecule has 1 heterocycles. The van der Waals surface area contributed by atoms with Gasteiger partial charge in [-0.25, -0.2) is 0 Å². The highest BCUT2D eigenvalue weighted by Gasteiger charge is 2.38. The summed E-state index contributed by atoms with van der Waals surface area (Å²) in [4.78, 5) is 14.1. The van der Waals surface area contributed by atoms with Crippen molar-refractivity contribution in [2.24, 2.45) is 0 Å². The Balaban J connectivity index is 2.26. The molecule has 1 aliphatic heterocycles. The van der Waals surface area contributed by atoms with Crippen molar-refractivity contribution in [1.82, 2.24) is 0 Å². The number of halogens is 1. The summed E-state index contributed by atoms with van der Waals surface area (Å²) >= 11 is 6.04. The summed E-state index contributed by atoms with van der Waals surface area (Å²) < 4.78 is 0. The molecule has 6 heteroatoms. The first-order valence-electron chi connectivity index (χ1n) is 7.58. The van der Waals surface area contributed by atoms with E-state index in [9.17, 15) is 15.0 Å². The Hall–Kier alpha value is -2.24. The molecule has 0 saturated carbocycles. The van der Waals surface area contributed by atoms with Crippen LogP contribution in [0, 0.1) is 0 Å². The zero-order chi connectivity index (χ0) is 17.6. The van der Waals surface area contributed by atoms with Gasteiger partial charge >= 0.3 is 0 Å². The molecule has 5 nitrogen and oxygen atoms in total. The molecule has 1 aliphatic rings. The van der Waals surface area contributed by atoms with E-state index in [0.717, 1.165) is 5.69 Å². The van der Waals surface area contributed by atoms with Gasteiger partial charge in [-0.3, -0.25) is 4.79 Å². The van der Waals surface area contributed by atoms with Crippen molar-refractivity contribution in [3.05, 3.63) is 40.9 Å². The van der Waals surface area contributed by atoms with Gasteiger partial charge in [0.2, 0.25) is 0 Å². The highest BCUT2D eigenvalue weighted by atomic mass is 35.5. The number of hydrogen-bond acceptors (Lipinski definition) is 4. The van der Waals surface area contributed by atoms with E-state index in [1.165, 1.54) is 6.07 Å². The van der Waals surface area contributed by atoms with E-state index in [1.807, 2.05) is 26.0 Å². The highest BCUT2D eigenvalue weighted by Crippen LogP contribution is 2.44. The largest absolute Gasteiger partial charge is 0.507 e. The van der Waals surface area contributed by atoms with Gasteiger partial charge in [-0.15, -0.1) is 0 Å². The lowest BCUT2D eigenvalue weighted by Crippen LogP contribution is -2.52. The van der Waals surface area contributed by atoms with Gasteiger partial charge in [0.05, 0.1) is 18.0 Å². The summed E-state index contributed by atoms with van der Waals surface area (Å²) in [5, 5.41) is 23.8. The first-order chi connectivity index (χ1) is 11.3. The van der Waals surface area contributed by atoms with Crippen molar-refractivity contribution in [2.75, 3.05) is 17.3 Å². The van der Waals surface area contributed by atoms with E-state index in [2.05, 4.69) is 5.32 Å². The Kier molecular flexibility index (Phi) is 3.94. The fourth-order valence-corrected chi connectivity index (χ4v) is 3.34. The van der Waals surface area contributed by atoms with E-state index in [4.69, 9.17) is 11.6 Å². The van der Waals surface area contributed by atoms with Crippen LogP contribution in [0.5, 0.6) is 5.75 Å². The lowest BCUT2D eigenvalue weighted by Gasteiger charge is -2.39. The Morgan fingerprint density at radius 1 is 1.21 bits per heavy atom. The number of hydrogen-bond donors (Lipinski definition) is 3. The number of carbonyl (C=O) groups excluding carboxylic acids is 1. The number of anilines is 2. The van der Waals surface area contributed by atoms with Crippen molar-refractivity contribution < 1.29 is 15.0 Å². The topological polar surface area (TPSA) is 72.8 Å². The van der Waals surface area contributed by atoms with Crippen LogP contribution in [0.2, 0.25) is 5.02 Å². The number of fused-ring (bicyclic) bond motifs is 1. The molecule has 0 spiro atoms. The molecule has 1 amide bonds. The van der Waals surface area contributed by atoms with E-state index >= 15 is 0 Å². The second kappa shape index (κ2) is 5.69. The lowest BCUT2D eigenvalue weighted by atomic mass is 9.92. The number of aliphatic hydroxyl groups is 1. The van der Waals surface area contributed by atoms with E-state index in [0.29, 0.717) is 27.4 Å². The number of nitrogens with one attached hydrogen (secondary N) is 1. The fraction of sp³-hybridized carbons (Fsp3) is 0.278. The zero-order valence-corrected chi connectivity index (χ0v) is 14.5. The van der Waals surface area contributed by atoms with Gasteiger partial charge in [0.15, 0.2) is 0 Å². The second-order valence-electron chi connectivity index (χ2n) is 6.42. The molecule has 0 aliphatic carbocycles. The maximum atomic E-state index is 12.6. The van der Waals surface area contributed by atoms with E-state index < -0.39 is 5.54 Å². The number of aliphatic hydroxyl groups excluding tert-OH is 1. The zero-order valence-electron chi connectivity index (χ0n) is 13.7. The molecule has 24 heavy (non-hydrogen) atoms. The first-order valence-corrected chi connectivity index (χ1v) is 7.96. The SMILES string of the molecule is CN1C(=O)C(C)(C)Nc2ccc(-c3cc(Cl)ccc3O)c(CO)c21. The Morgan fingerprint density at radius 3 is 2.58 bits per heavy atom. The summed E-state index contributed by atoms with van der Waals surface area (Å²) in [6.45, 7) is 3.35. The van der Waals surface area contributed by atoms with E-state index in [-0.39, 0.29) is 18.3 Å². The molecule has 3 rings (SSSR count). The summed E-state index contributed by atoms with van der Waals surface area (Å²) in [5.41, 5.74) is 2.35. The Morgan fingerprint density at radius 2 is 1.92 bits per heavy atom. The van der Waals surface area contributed by atoms with Crippen LogP contribution in [-0.4, -0.2) is 28.7 Å². The quantitative estimate of drug-likeness (QED) is 0.779. The van der Waals surface area contributed by atoms with Crippen LogP contribution >= 0.6 is 11.6 Å². The number of phenolic OH excluding ortho intramolecular Hbond substituents is 1. The molecular weight excluding hydrogens is 328 g/mol. The minimum absolute atomic E-state index is 0.0622. The third kappa shape index (κ3) is 2.50. The monoisotopic (exact) mass is 346 g/mol. The van der Waals surface area contributed by atoms with Crippen LogP contribution in [0.4, 0.5) is 11.4 Å². The third-order valence-corrected chi connectivity index (χ3v) is 4.55. The average Bonchev–Trinajstić information content (AvgIpc) is 2.54. The van der Waals surface area contributed by atoms with Gasteiger partial charge in [-0.2, -0.15) is 0 Å². The molecule has 0 radical (unpaired) electrons. The molecule has 3 N–H and O–H groups in total. The van der Waals surface area contributed by atoms with Gasteiger partial charge in [0, 0.05) is 23.2 Å². The maximum absolute atomic E-state index is 12.6. The van der Waals surface area contributed by atoms with Crippen molar-refractivity contribution in [1.29, 1.82) is 0 Å². The summed E-state index contributed by atoms with van der Waals surface area (Å²) in [6.07, 6.45) is 0. The van der Waals surface area contributed by atoms with E-state index in [1.54, 1.807) is 24.1 Å². The van der Waals surface area contributed by atoms with Crippen LogP contribution in [0.3, 0.4) is 0 Å². The molecule has 0 atom stereocenters. The predicted octanol–water partition coefficient (Wildman–Crippen LogP) is 3.37. The van der Waals surface area contributed by atoms with Gasteiger partial charge in [0.1, 0.15) is 11.3 Å².